The molecule has 1 aromatic rings. The molecule has 18 heavy (non-hydrogen) atoms. The summed E-state index contributed by atoms with van der Waals surface area (Å²) in [6, 6.07) is 6.44. The quantitative estimate of drug-likeness (QED) is 0.756. The molecule has 0 bridgehead atoms. The van der Waals surface area contributed by atoms with Crippen molar-refractivity contribution < 1.29 is 9.53 Å². The first-order valence-corrected chi connectivity index (χ1v) is 6.81. The van der Waals surface area contributed by atoms with Crippen molar-refractivity contribution in [1.82, 2.24) is 0 Å². The molecule has 0 saturated heterocycles. The molecule has 1 fully saturated rings. The molecule has 1 saturated carbocycles. The summed E-state index contributed by atoms with van der Waals surface area (Å²) in [5.74, 6) is 1.92. The smallest absolute Gasteiger partial charge is 0.133 e. The maximum Gasteiger partial charge on any atom is 0.133 e. The summed E-state index contributed by atoms with van der Waals surface area (Å²) in [6.45, 7) is 2.29. The van der Waals surface area contributed by atoms with Crippen LogP contribution in [-0.4, -0.2) is 12.9 Å². The Morgan fingerprint density at radius 2 is 2.17 bits per heavy atom. The SMILES string of the molecule is COc1ccc2c(c1)C1CCC(=O)CC1(C)CC2. The van der Waals surface area contributed by atoms with Gasteiger partial charge in [-0.15, -0.1) is 0 Å². The van der Waals surface area contributed by atoms with Crippen molar-refractivity contribution in [3.8, 4) is 5.75 Å². The molecular formula is C16H20O2. The van der Waals surface area contributed by atoms with Crippen molar-refractivity contribution in [2.45, 2.75) is 44.9 Å². The van der Waals surface area contributed by atoms with Crippen LogP contribution in [0.2, 0.25) is 0 Å². The van der Waals surface area contributed by atoms with Crippen molar-refractivity contribution in [3.63, 3.8) is 0 Å². The van der Waals surface area contributed by atoms with Crippen LogP contribution in [-0.2, 0) is 11.2 Å². The van der Waals surface area contributed by atoms with E-state index in [4.69, 9.17) is 4.74 Å². The van der Waals surface area contributed by atoms with Gasteiger partial charge in [-0.05, 0) is 53.9 Å². The van der Waals surface area contributed by atoms with Gasteiger partial charge in [-0.1, -0.05) is 13.0 Å². The van der Waals surface area contributed by atoms with E-state index < -0.39 is 0 Å². The number of carbonyl (C=O) groups is 1. The van der Waals surface area contributed by atoms with Crippen LogP contribution < -0.4 is 4.74 Å². The zero-order valence-electron chi connectivity index (χ0n) is 11.2. The second-order valence-electron chi connectivity index (χ2n) is 6.03. The number of Topliss-reactive ketones (excluding diaryl/α,β-unsaturated/α-hetero) is 1. The number of carbonyl (C=O) groups excluding carboxylic acids is 1. The van der Waals surface area contributed by atoms with E-state index in [9.17, 15) is 4.79 Å². The van der Waals surface area contributed by atoms with E-state index >= 15 is 0 Å². The number of methoxy groups -OCH3 is 1. The summed E-state index contributed by atoms with van der Waals surface area (Å²) in [4.78, 5) is 11.7. The number of fused-ring (bicyclic) bond motifs is 3. The third-order valence-corrected chi connectivity index (χ3v) is 4.85. The van der Waals surface area contributed by atoms with Gasteiger partial charge < -0.3 is 4.74 Å². The minimum Gasteiger partial charge on any atom is -0.497 e. The lowest BCUT2D eigenvalue weighted by atomic mass is 9.58. The van der Waals surface area contributed by atoms with Gasteiger partial charge in [0.15, 0.2) is 0 Å². The molecule has 0 heterocycles. The summed E-state index contributed by atoms with van der Waals surface area (Å²) in [5.41, 5.74) is 3.05. The molecule has 2 aliphatic rings. The second-order valence-corrected chi connectivity index (χ2v) is 6.03. The molecule has 0 aromatic heterocycles. The van der Waals surface area contributed by atoms with Crippen LogP contribution in [0.15, 0.2) is 18.2 Å². The number of benzene rings is 1. The van der Waals surface area contributed by atoms with Gasteiger partial charge in [-0.2, -0.15) is 0 Å². The summed E-state index contributed by atoms with van der Waals surface area (Å²) < 4.78 is 5.35. The van der Waals surface area contributed by atoms with E-state index in [1.165, 1.54) is 11.1 Å². The Kier molecular flexibility index (Phi) is 2.69. The molecular weight excluding hydrogens is 224 g/mol. The molecule has 1 aromatic carbocycles. The molecule has 0 spiro atoms. The maximum atomic E-state index is 11.7. The van der Waals surface area contributed by atoms with Crippen molar-refractivity contribution >= 4 is 5.78 Å². The van der Waals surface area contributed by atoms with Gasteiger partial charge in [0.25, 0.3) is 0 Å². The average Bonchev–Trinajstić information content (AvgIpc) is 2.36. The topological polar surface area (TPSA) is 26.3 Å². The lowest BCUT2D eigenvalue weighted by Gasteiger charge is -2.45. The van der Waals surface area contributed by atoms with E-state index in [-0.39, 0.29) is 5.41 Å². The van der Waals surface area contributed by atoms with Crippen molar-refractivity contribution in [2.24, 2.45) is 5.41 Å². The molecule has 0 N–H and O–H groups in total. The molecule has 2 nitrogen and oxygen atoms in total. The highest BCUT2D eigenvalue weighted by Gasteiger charge is 2.43. The summed E-state index contributed by atoms with van der Waals surface area (Å²) >= 11 is 0. The minimum atomic E-state index is 0.175. The lowest BCUT2D eigenvalue weighted by Crippen LogP contribution is -2.37. The summed E-state index contributed by atoms with van der Waals surface area (Å²) in [5, 5.41) is 0. The first-order chi connectivity index (χ1) is 8.62. The van der Waals surface area contributed by atoms with Gasteiger partial charge in [0.05, 0.1) is 7.11 Å². The van der Waals surface area contributed by atoms with E-state index in [1.54, 1.807) is 7.11 Å². The normalized spacial score (nSPS) is 30.6. The highest BCUT2D eigenvalue weighted by molar-refractivity contribution is 5.80. The minimum absolute atomic E-state index is 0.175. The fraction of sp³-hybridized carbons (Fsp3) is 0.562. The number of ether oxygens (including phenoxy) is 1. The predicted octanol–water partition coefficient (Wildman–Crippen LogP) is 3.48. The van der Waals surface area contributed by atoms with Gasteiger partial charge in [-0.3, -0.25) is 4.79 Å². The fourth-order valence-corrected chi connectivity index (χ4v) is 3.78. The monoisotopic (exact) mass is 244 g/mol. The van der Waals surface area contributed by atoms with E-state index in [2.05, 4.69) is 25.1 Å². The van der Waals surface area contributed by atoms with Gasteiger partial charge in [0, 0.05) is 12.8 Å². The van der Waals surface area contributed by atoms with Crippen molar-refractivity contribution in [3.05, 3.63) is 29.3 Å². The molecule has 2 heteroatoms. The Hall–Kier alpha value is -1.31. The Morgan fingerprint density at radius 1 is 1.33 bits per heavy atom. The Balaban J connectivity index is 2.03. The molecule has 2 atom stereocenters. The molecule has 2 aliphatic carbocycles. The van der Waals surface area contributed by atoms with Crippen molar-refractivity contribution in [2.75, 3.05) is 7.11 Å². The fourth-order valence-electron chi connectivity index (χ4n) is 3.78. The highest BCUT2D eigenvalue weighted by Crippen LogP contribution is 2.53. The lowest BCUT2D eigenvalue weighted by molar-refractivity contribution is -0.124. The number of ketones is 1. The van der Waals surface area contributed by atoms with Gasteiger partial charge in [-0.25, -0.2) is 0 Å². The van der Waals surface area contributed by atoms with E-state index in [0.717, 1.165) is 37.9 Å². The summed E-state index contributed by atoms with van der Waals surface area (Å²) in [6.07, 6.45) is 4.75. The Morgan fingerprint density at radius 3 is 2.94 bits per heavy atom. The number of hydrogen-bond donors (Lipinski definition) is 0. The molecule has 3 rings (SSSR count). The summed E-state index contributed by atoms with van der Waals surface area (Å²) in [7, 11) is 1.72. The second kappa shape index (κ2) is 4.11. The van der Waals surface area contributed by atoms with Crippen LogP contribution in [0.4, 0.5) is 0 Å². The van der Waals surface area contributed by atoms with Crippen LogP contribution >= 0.6 is 0 Å². The van der Waals surface area contributed by atoms with Gasteiger partial charge >= 0.3 is 0 Å². The van der Waals surface area contributed by atoms with E-state index in [1.807, 2.05) is 0 Å². The average molecular weight is 244 g/mol. The zero-order valence-corrected chi connectivity index (χ0v) is 11.2. The largest absolute Gasteiger partial charge is 0.497 e. The molecule has 0 amide bonds. The molecule has 96 valence electrons. The van der Waals surface area contributed by atoms with Crippen molar-refractivity contribution in [1.29, 1.82) is 0 Å². The Bertz CT molecular complexity index is 492. The van der Waals surface area contributed by atoms with E-state index in [0.29, 0.717) is 11.7 Å². The molecule has 2 unspecified atom stereocenters. The highest BCUT2D eigenvalue weighted by atomic mass is 16.5. The van der Waals surface area contributed by atoms with Crippen LogP contribution in [0.25, 0.3) is 0 Å². The molecule has 0 radical (unpaired) electrons. The van der Waals surface area contributed by atoms with Gasteiger partial charge in [0.1, 0.15) is 11.5 Å². The Labute approximate surface area is 108 Å². The molecule has 0 aliphatic heterocycles. The van der Waals surface area contributed by atoms with Gasteiger partial charge in [0.2, 0.25) is 0 Å². The number of hydrogen-bond acceptors (Lipinski definition) is 2. The standard InChI is InChI=1S/C16H20O2/c1-16-8-7-11-3-5-13(18-2)9-14(11)15(16)6-4-12(17)10-16/h3,5,9,15H,4,6-8,10H2,1-2H3. The van der Waals surface area contributed by atoms with Crippen LogP contribution in [0, 0.1) is 5.41 Å². The number of aryl methyl sites for hydroxylation is 1. The predicted molar refractivity (Wildman–Crippen MR) is 71.0 cm³/mol. The van der Waals surface area contributed by atoms with Crippen LogP contribution in [0.1, 0.15) is 49.7 Å². The third-order valence-electron chi connectivity index (χ3n) is 4.85. The van der Waals surface area contributed by atoms with Crippen LogP contribution in [0.5, 0.6) is 5.75 Å². The van der Waals surface area contributed by atoms with Crippen LogP contribution in [0.3, 0.4) is 0 Å². The first-order valence-electron chi connectivity index (χ1n) is 6.81. The number of rotatable bonds is 1. The maximum absolute atomic E-state index is 11.7. The first kappa shape index (κ1) is 11.8. The zero-order chi connectivity index (χ0) is 12.8. The third kappa shape index (κ3) is 1.75.